The van der Waals surface area contributed by atoms with E-state index in [0.717, 1.165) is 19.3 Å². The first-order valence-electron chi connectivity index (χ1n) is 8.86. The number of carbonyl (C=O) groups is 3. The molecule has 1 N–H and O–H groups in total. The van der Waals surface area contributed by atoms with Gasteiger partial charge in [-0.1, -0.05) is 6.42 Å². The van der Waals surface area contributed by atoms with Crippen molar-refractivity contribution in [3.05, 3.63) is 29.8 Å². The zero-order valence-corrected chi connectivity index (χ0v) is 14.5. The van der Waals surface area contributed by atoms with E-state index < -0.39 is 5.97 Å². The Morgan fingerprint density at radius 2 is 1.64 bits per heavy atom. The fourth-order valence-electron chi connectivity index (χ4n) is 3.33. The maximum absolute atomic E-state index is 12.4. The highest BCUT2D eigenvalue weighted by molar-refractivity contribution is 5.94. The molecule has 6 nitrogen and oxygen atoms in total. The highest BCUT2D eigenvalue weighted by atomic mass is 16.5. The summed E-state index contributed by atoms with van der Waals surface area (Å²) in [5, 5.41) is 2.89. The van der Waals surface area contributed by atoms with Gasteiger partial charge in [-0.3, -0.25) is 9.59 Å². The molecule has 1 saturated heterocycles. The van der Waals surface area contributed by atoms with Crippen molar-refractivity contribution in [3.8, 4) is 0 Å². The van der Waals surface area contributed by atoms with E-state index in [1.165, 1.54) is 7.11 Å². The van der Waals surface area contributed by atoms with Gasteiger partial charge in [-0.2, -0.15) is 0 Å². The number of ether oxygens (including phenoxy) is 1. The number of hydrogen-bond acceptors (Lipinski definition) is 4. The van der Waals surface area contributed by atoms with Crippen molar-refractivity contribution in [2.45, 2.75) is 32.1 Å². The molecule has 0 spiro atoms. The number of hydrogen-bond donors (Lipinski definition) is 1. The molecule has 1 heterocycles. The third kappa shape index (κ3) is 4.00. The summed E-state index contributed by atoms with van der Waals surface area (Å²) >= 11 is 0. The van der Waals surface area contributed by atoms with Crippen LogP contribution in [0.1, 0.15) is 42.5 Å². The predicted molar refractivity (Wildman–Crippen MR) is 93.1 cm³/mol. The molecule has 0 bridgehead atoms. The second kappa shape index (κ2) is 7.68. The fraction of sp³-hybridized carbons (Fsp3) is 0.526. The average molecular weight is 344 g/mol. The molecule has 0 radical (unpaired) electrons. The maximum Gasteiger partial charge on any atom is 0.337 e. The van der Waals surface area contributed by atoms with E-state index in [1.807, 2.05) is 4.90 Å². The van der Waals surface area contributed by atoms with E-state index in [1.54, 1.807) is 24.3 Å². The van der Waals surface area contributed by atoms with Crippen LogP contribution in [0.5, 0.6) is 0 Å². The lowest BCUT2D eigenvalue weighted by Gasteiger charge is -2.36. The number of piperidine rings is 1. The molecule has 0 atom stereocenters. The Bertz CT molecular complexity index is 644. The van der Waals surface area contributed by atoms with Crippen molar-refractivity contribution in [1.82, 2.24) is 4.90 Å². The van der Waals surface area contributed by atoms with Crippen LogP contribution in [0.3, 0.4) is 0 Å². The number of carbonyl (C=O) groups excluding carboxylic acids is 3. The van der Waals surface area contributed by atoms with Gasteiger partial charge in [-0.25, -0.2) is 4.79 Å². The zero-order valence-electron chi connectivity index (χ0n) is 14.5. The van der Waals surface area contributed by atoms with Gasteiger partial charge in [0.25, 0.3) is 0 Å². The molecule has 1 aliphatic heterocycles. The third-order valence-electron chi connectivity index (χ3n) is 5.21. The van der Waals surface area contributed by atoms with Crippen LogP contribution in [0, 0.1) is 11.8 Å². The maximum atomic E-state index is 12.4. The van der Waals surface area contributed by atoms with Crippen LogP contribution in [0.2, 0.25) is 0 Å². The Morgan fingerprint density at radius 3 is 2.16 bits per heavy atom. The minimum atomic E-state index is -0.402. The average Bonchev–Trinajstić information content (AvgIpc) is 2.60. The van der Waals surface area contributed by atoms with Crippen LogP contribution in [-0.2, 0) is 14.3 Å². The van der Waals surface area contributed by atoms with E-state index in [9.17, 15) is 14.4 Å². The Morgan fingerprint density at radius 1 is 1.00 bits per heavy atom. The van der Waals surface area contributed by atoms with Crippen LogP contribution in [0.15, 0.2) is 24.3 Å². The minimum Gasteiger partial charge on any atom is -0.465 e. The highest BCUT2D eigenvalue weighted by Crippen LogP contribution is 2.30. The van der Waals surface area contributed by atoms with Crippen LogP contribution >= 0.6 is 0 Å². The van der Waals surface area contributed by atoms with Gasteiger partial charge in [0.2, 0.25) is 11.8 Å². The summed E-state index contributed by atoms with van der Waals surface area (Å²) in [4.78, 5) is 38.0. The van der Waals surface area contributed by atoms with Gasteiger partial charge < -0.3 is 15.0 Å². The molecule has 2 amide bonds. The molecule has 2 fully saturated rings. The monoisotopic (exact) mass is 344 g/mol. The smallest absolute Gasteiger partial charge is 0.337 e. The number of nitrogens with one attached hydrogen (secondary N) is 1. The lowest BCUT2D eigenvalue weighted by Crippen LogP contribution is -2.45. The van der Waals surface area contributed by atoms with E-state index in [-0.39, 0.29) is 23.7 Å². The normalized spacial score (nSPS) is 18.4. The van der Waals surface area contributed by atoms with Gasteiger partial charge in [0.15, 0.2) is 0 Å². The van der Waals surface area contributed by atoms with Crippen molar-refractivity contribution in [2.75, 3.05) is 25.5 Å². The summed E-state index contributed by atoms with van der Waals surface area (Å²) in [6, 6.07) is 6.64. The summed E-state index contributed by atoms with van der Waals surface area (Å²) in [5.74, 6) is -0.0177. The molecular formula is C19H24N2O4. The molecule has 134 valence electrons. The van der Waals surface area contributed by atoms with Crippen molar-refractivity contribution in [1.29, 1.82) is 0 Å². The second-order valence-electron chi connectivity index (χ2n) is 6.79. The van der Waals surface area contributed by atoms with Gasteiger partial charge >= 0.3 is 5.97 Å². The molecule has 3 rings (SSSR count). The molecule has 25 heavy (non-hydrogen) atoms. The molecule has 6 heteroatoms. The fourth-order valence-corrected chi connectivity index (χ4v) is 3.33. The molecule has 0 unspecified atom stereocenters. The van der Waals surface area contributed by atoms with Crippen molar-refractivity contribution in [2.24, 2.45) is 11.8 Å². The first kappa shape index (κ1) is 17.5. The van der Waals surface area contributed by atoms with Gasteiger partial charge in [0, 0.05) is 30.6 Å². The standard InChI is InChI=1S/C19H24N2O4/c1-25-19(24)15-5-7-16(8-6-15)20-17(22)13-9-11-21(12-10-13)18(23)14-3-2-4-14/h5-8,13-14H,2-4,9-12H2,1H3,(H,20,22). The topological polar surface area (TPSA) is 75.7 Å². The number of esters is 1. The number of nitrogens with zero attached hydrogens (tertiary/aromatic N) is 1. The van der Waals surface area contributed by atoms with Crippen molar-refractivity contribution < 1.29 is 19.1 Å². The Labute approximate surface area is 147 Å². The number of amides is 2. The first-order chi connectivity index (χ1) is 12.1. The molecular weight excluding hydrogens is 320 g/mol. The summed E-state index contributed by atoms with van der Waals surface area (Å²) in [5.41, 5.74) is 1.11. The lowest BCUT2D eigenvalue weighted by molar-refractivity contribution is -0.140. The summed E-state index contributed by atoms with van der Waals surface area (Å²) in [7, 11) is 1.33. The largest absolute Gasteiger partial charge is 0.465 e. The van der Waals surface area contributed by atoms with Gasteiger partial charge in [0.1, 0.15) is 0 Å². The zero-order chi connectivity index (χ0) is 17.8. The number of rotatable bonds is 4. The first-order valence-corrected chi connectivity index (χ1v) is 8.86. The Hall–Kier alpha value is -2.37. The summed E-state index contributed by atoms with van der Waals surface area (Å²) in [6.45, 7) is 1.32. The highest BCUT2D eigenvalue weighted by Gasteiger charge is 2.33. The predicted octanol–water partition coefficient (Wildman–Crippen LogP) is 2.45. The molecule has 1 aromatic carbocycles. The SMILES string of the molecule is COC(=O)c1ccc(NC(=O)C2CCN(C(=O)C3CCC3)CC2)cc1. The Balaban J connectivity index is 1.49. The summed E-state index contributed by atoms with van der Waals surface area (Å²) in [6.07, 6.45) is 4.58. The third-order valence-corrected chi connectivity index (χ3v) is 5.21. The van der Waals surface area contributed by atoms with E-state index in [2.05, 4.69) is 10.1 Å². The number of anilines is 1. The van der Waals surface area contributed by atoms with Gasteiger partial charge in [-0.15, -0.1) is 0 Å². The molecule has 1 aliphatic carbocycles. The van der Waals surface area contributed by atoms with Crippen molar-refractivity contribution >= 4 is 23.5 Å². The van der Waals surface area contributed by atoms with E-state index in [4.69, 9.17) is 0 Å². The second-order valence-corrected chi connectivity index (χ2v) is 6.79. The molecule has 0 aromatic heterocycles. The van der Waals surface area contributed by atoms with Crippen LogP contribution in [0.25, 0.3) is 0 Å². The Kier molecular flexibility index (Phi) is 5.36. The molecule has 1 aromatic rings. The van der Waals surface area contributed by atoms with E-state index >= 15 is 0 Å². The number of likely N-dealkylation sites (tertiary alicyclic amines) is 1. The van der Waals surface area contributed by atoms with Gasteiger partial charge in [-0.05, 0) is 49.9 Å². The minimum absolute atomic E-state index is 0.0263. The van der Waals surface area contributed by atoms with Crippen molar-refractivity contribution in [3.63, 3.8) is 0 Å². The number of methoxy groups -OCH3 is 1. The van der Waals surface area contributed by atoms with Crippen LogP contribution < -0.4 is 5.32 Å². The van der Waals surface area contributed by atoms with Crippen LogP contribution in [0.4, 0.5) is 5.69 Å². The molecule has 1 saturated carbocycles. The van der Waals surface area contributed by atoms with E-state index in [0.29, 0.717) is 37.2 Å². The molecule has 2 aliphatic rings. The summed E-state index contributed by atoms with van der Waals surface area (Å²) < 4.78 is 4.65. The van der Waals surface area contributed by atoms with Crippen LogP contribution in [-0.4, -0.2) is 42.9 Å². The lowest BCUT2D eigenvalue weighted by atomic mass is 9.83. The van der Waals surface area contributed by atoms with Gasteiger partial charge in [0.05, 0.1) is 12.7 Å². The number of benzene rings is 1. The quantitative estimate of drug-likeness (QED) is 0.851.